The quantitative estimate of drug-likeness (QED) is 0.249. The monoisotopic (exact) mass is 520 g/mol. The average molecular weight is 521 g/mol. The maximum absolute atomic E-state index is 13.4. The van der Waals surface area contributed by atoms with Crippen molar-refractivity contribution in [1.82, 2.24) is 9.80 Å². The molecule has 0 radical (unpaired) electrons. The van der Waals surface area contributed by atoms with Crippen molar-refractivity contribution in [3.05, 3.63) is 64.7 Å². The third kappa shape index (κ3) is 5.88. The normalized spacial score (nSPS) is 20.3. The van der Waals surface area contributed by atoms with Gasteiger partial charge >= 0.3 is 0 Å². The number of amides is 1. The molecular weight excluding hydrogens is 480 g/mol. The number of hydrogen-bond acceptors (Lipinski definition) is 6. The Morgan fingerprint density at radius 3 is 2.63 bits per heavy atom. The number of likely N-dealkylation sites (tertiary alicyclic amines) is 1. The maximum atomic E-state index is 13.4. The van der Waals surface area contributed by atoms with E-state index in [4.69, 9.17) is 9.47 Å². The van der Waals surface area contributed by atoms with Gasteiger partial charge in [-0.2, -0.15) is 0 Å². The molecule has 1 N–H and O–H groups in total. The van der Waals surface area contributed by atoms with Crippen LogP contribution in [0, 0.1) is 5.92 Å². The minimum absolute atomic E-state index is 0.0616. The molecule has 1 amide bonds. The molecule has 204 valence electrons. The molecule has 1 saturated heterocycles. The van der Waals surface area contributed by atoms with E-state index in [1.165, 1.54) is 0 Å². The summed E-state index contributed by atoms with van der Waals surface area (Å²) in [4.78, 5) is 30.6. The highest BCUT2D eigenvalue weighted by Crippen LogP contribution is 2.41. The molecule has 0 unspecified atom stereocenters. The second kappa shape index (κ2) is 12.0. The zero-order chi connectivity index (χ0) is 27.4. The van der Waals surface area contributed by atoms with Crippen molar-refractivity contribution in [2.75, 3.05) is 32.8 Å². The second-order valence-corrected chi connectivity index (χ2v) is 10.6. The minimum Gasteiger partial charge on any atom is -0.507 e. The highest BCUT2D eigenvalue weighted by atomic mass is 16.5. The molecule has 1 fully saturated rings. The van der Waals surface area contributed by atoms with Gasteiger partial charge in [-0.15, -0.1) is 0 Å². The summed E-state index contributed by atoms with van der Waals surface area (Å²) in [5.41, 5.74) is 2.35. The summed E-state index contributed by atoms with van der Waals surface area (Å²) in [6, 6.07) is 12.3. The maximum Gasteiger partial charge on any atom is 0.295 e. The molecule has 2 aromatic rings. The average Bonchev–Trinajstić information content (AvgIpc) is 3.39. The highest BCUT2D eigenvalue weighted by molar-refractivity contribution is 6.46. The SMILES string of the molecule is CCN(CC)CCN1C(=O)C(=O)/C(=C(/O)c2ccc3c(c2)C[C@@H](C)O3)[C@@H]1c1cccc(OCCC(C)C)c1. The van der Waals surface area contributed by atoms with Crippen molar-refractivity contribution in [2.45, 2.75) is 59.6 Å². The fourth-order valence-electron chi connectivity index (χ4n) is 5.16. The lowest BCUT2D eigenvalue weighted by atomic mass is 9.94. The van der Waals surface area contributed by atoms with Gasteiger partial charge in [0.2, 0.25) is 0 Å². The number of likely N-dealkylation sites (N-methyl/N-ethyl adjacent to an activating group) is 1. The van der Waals surface area contributed by atoms with E-state index in [1.54, 1.807) is 11.0 Å². The molecule has 0 spiro atoms. The highest BCUT2D eigenvalue weighted by Gasteiger charge is 2.46. The van der Waals surface area contributed by atoms with E-state index in [2.05, 4.69) is 32.6 Å². The van der Waals surface area contributed by atoms with Gasteiger partial charge in [0.1, 0.15) is 23.4 Å². The Bertz CT molecular complexity index is 1200. The predicted octanol–water partition coefficient (Wildman–Crippen LogP) is 5.20. The van der Waals surface area contributed by atoms with Crippen molar-refractivity contribution in [3.63, 3.8) is 0 Å². The van der Waals surface area contributed by atoms with Gasteiger partial charge < -0.3 is 24.4 Å². The van der Waals surface area contributed by atoms with E-state index in [1.807, 2.05) is 43.3 Å². The van der Waals surface area contributed by atoms with Crippen LogP contribution in [0.2, 0.25) is 0 Å². The van der Waals surface area contributed by atoms with Crippen LogP contribution in [0.15, 0.2) is 48.0 Å². The molecule has 7 nitrogen and oxygen atoms in total. The zero-order valence-corrected chi connectivity index (χ0v) is 23.2. The molecule has 4 rings (SSSR count). The van der Waals surface area contributed by atoms with Crippen LogP contribution >= 0.6 is 0 Å². The summed E-state index contributed by atoms with van der Waals surface area (Å²) in [6.07, 6.45) is 1.72. The fourth-order valence-corrected chi connectivity index (χ4v) is 5.16. The predicted molar refractivity (Wildman–Crippen MR) is 148 cm³/mol. The van der Waals surface area contributed by atoms with Gasteiger partial charge in [0.05, 0.1) is 18.2 Å². The first kappa shape index (κ1) is 27.7. The molecule has 7 heteroatoms. The molecule has 2 aromatic carbocycles. The van der Waals surface area contributed by atoms with Crippen molar-refractivity contribution >= 4 is 17.4 Å². The van der Waals surface area contributed by atoms with Gasteiger partial charge in [-0.25, -0.2) is 0 Å². The lowest BCUT2D eigenvalue weighted by Gasteiger charge is -2.28. The minimum atomic E-state index is -0.706. The molecular formula is C31H40N2O5. The zero-order valence-electron chi connectivity index (χ0n) is 23.2. The van der Waals surface area contributed by atoms with E-state index in [-0.39, 0.29) is 17.4 Å². The Labute approximate surface area is 226 Å². The molecule has 0 aromatic heterocycles. The molecule has 0 saturated carbocycles. The number of ether oxygens (including phenoxy) is 2. The Kier molecular flexibility index (Phi) is 8.77. The Morgan fingerprint density at radius 2 is 1.92 bits per heavy atom. The van der Waals surface area contributed by atoms with Gasteiger partial charge in [0.25, 0.3) is 11.7 Å². The molecule has 0 bridgehead atoms. The lowest BCUT2D eigenvalue weighted by molar-refractivity contribution is -0.140. The number of nitrogens with zero attached hydrogens (tertiary/aromatic N) is 2. The largest absolute Gasteiger partial charge is 0.507 e. The molecule has 0 aliphatic carbocycles. The summed E-state index contributed by atoms with van der Waals surface area (Å²) < 4.78 is 11.8. The van der Waals surface area contributed by atoms with Gasteiger partial charge in [-0.1, -0.05) is 39.8 Å². The summed E-state index contributed by atoms with van der Waals surface area (Å²) >= 11 is 0. The first-order chi connectivity index (χ1) is 18.2. The second-order valence-electron chi connectivity index (χ2n) is 10.6. The standard InChI is InChI=1S/C31H40N2O5/c1-6-32(7-2)14-15-33-28(22-9-8-10-25(19-22)37-16-13-20(3)4)27(30(35)31(33)36)29(34)23-11-12-26-24(18-23)17-21(5)38-26/h8-12,18-21,28,34H,6-7,13-17H2,1-5H3/b29-27+/t21-,28+/m1/s1. The third-order valence-electron chi connectivity index (χ3n) is 7.40. The van der Waals surface area contributed by atoms with Crippen LogP contribution in [0.1, 0.15) is 63.8 Å². The van der Waals surface area contributed by atoms with Crippen LogP contribution in [0.25, 0.3) is 5.76 Å². The van der Waals surface area contributed by atoms with Crippen molar-refractivity contribution in [2.24, 2.45) is 5.92 Å². The van der Waals surface area contributed by atoms with Crippen LogP contribution in [-0.2, 0) is 16.0 Å². The van der Waals surface area contributed by atoms with E-state index in [9.17, 15) is 14.7 Å². The smallest absolute Gasteiger partial charge is 0.295 e. The number of benzene rings is 2. The van der Waals surface area contributed by atoms with Crippen LogP contribution < -0.4 is 9.47 Å². The summed E-state index contributed by atoms with van der Waals surface area (Å²) in [7, 11) is 0. The molecule has 38 heavy (non-hydrogen) atoms. The van der Waals surface area contributed by atoms with Crippen LogP contribution in [0.4, 0.5) is 0 Å². The molecule has 2 aliphatic rings. The van der Waals surface area contributed by atoms with Gasteiger partial charge in [0, 0.05) is 25.1 Å². The number of fused-ring (bicyclic) bond motifs is 1. The number of aliphatic hydroxyl groups excluding tert-OH is 1. The van der Waals surface area contributed by atoms with Crippen LogP contribution in [0.5, 0.6) is 11.5 Å². The molecule has 2 heterocycles. The number of hydrogen-bond donors (Lipinski definition) is 1. The fraction of sp³-hybridized carbons (Fsp3) is 0.484. The Balaban J connectivity index is 1.74. The number of rotatable bonds is 11. The summed E-state index contributed by atoms with van der Waals surface area (Å²) in [6.45, 7) is 13.7. The third-order valence-corrected chi connectivity index (χ3v) is 7.40. The first-order valence-corrected chi connectivity index (χ1v) is 13.8. The summed E-state index contributed by atoms with van der Waals surface area (Å²) in [5.74, 6) is 0.576. The van der Waals surface area contributed by atoms with E-state index < -0.39 is 17.7 Å². The van der Waals surface area contributed by atoms with Crippen molar-refractivity contribution in [1.29, 1.82) is 0 Å². The van der Waals surface area contributed by atoms with Crippen LogP contribution in [-0.4, -0.2) is 65.5 Å². The van der Waals surface area contributed by atoms with Crippen molar-refractivity contribution in [3.8, 4) is 11.5 Å². The van der Waals surface area contributed by atoms with E-state index in [0.717, 1.165) is 42.8 Å². The summed E-state index contributed by atoms with van der Waals surface area (Å²) in [5, 5.41) is 11.5. The number of carbonyl (C=O) groups excluding carboxylic acids is 2. The first-order valence-electron chi connectivity index (χ1n) is 13.8. The van der Waals surface area contributed by atoms with E-state index >= 15 is 0 Å². The van der Waals surface area contributed by atoms with E-state index in [0.29, 0.717) is 36.9 Å². The van der Waals surface area contributed by atoms with Gasteiger partial charge in [-0.05, 0) is 73.8 Å². The number of Topliss-reactive ketones (excluding diaryl/α,β-unsaturated/α-hetero) is 1. The lowest BCUT2D eigenvalue weighted by Crippen LogP contribution is -2.38. The van der Waals surface area contributed by atoms with Gasteiger partial charge in [-0.3, -0.25) is 9.59 Å². The molecule has 2 aliphatic heterocycles. The van der Waals surface area contributed by atoms with Gasteiger partial charge in [0.15, 0.2) is 0 Å². The Hall–Kier alpha value is -3.32. The van der Waals surface area contributed by atoms with Crippen LogP contribution in [0.3, 0.4) is 0 Å². The number of aliphatic hydroxyl groups is 1. The number of carbonyl (C=O) groups is 2. The Morgan fingerprint density at radius 1 is 1.16 bits per heavy atom. The number of ketones is 1. The molecule has 2 atom stereocenters. The topological polar surface area (TPSA) is 79.3 Å². The van der Waals surface area contributed by atoms with Crippen molar-refractivity contribution < 1.29 is 24.2 Å².